The number of para-hydroxylation sites is 1. The Bertz CT molecular complexity index is 1930. The van der Waals surface area contributed by atoms with Gasteiger partial charge in [-0.2, -0.15) is 0 Å². The van der Waals surface area contributed by atoms with E-state index < -0.39 is 11.9 Å². The van der Waals surface area contributed by atoms with Crippen LogP contribution < -0.4 is 20.6 Å². The fraction of sp³-hybridized carbons (Fsp3) is 0.276. The van der Waals surface area contributed by atoms with E-state index in [0.717, 1.165) is 6.42 Å². The minimum absolute atomic E-state index is 0.140. The largest absolute Gasteiger partial charge is 0.573 e. The highest BCUT2D eigenvalue weighted by Gasteiger charge is 2.32. The van der Waals surface area contributed by atoms with Crippen molar-refractivity contribution < 1.29 is 22.6 Å². The second-order valence-corrected chi connectivity index (χ2v) is 10.5. The topological polar surface area (TPSA) is 105 Å². The minimum atomic E-state index is -4.79. The van der Waals surface area contributed by atoms with E-state index in [1.807, 2.05) is 0 Å². The fourth-order valence-corrected chi connectivity index (χ4v) is 5.84. The molecule has 1 saturated heterocycles. The van der Waals surface area contributed by atoms with Gasteiger partial charge in [0.25, 0.3) is 11.1 Å². The van der Waals surface area contributed by atoms with Gasteiger partial charge in [-0.25, -0.2) is 4.98 Å². The van der Waals surface area contributed by atoms with Crippen molar-refractivity contribution in [2.45, 2.75) is 38.4 Å². The molecule has 5 aromatic rings. The van der Waals surface area contributed by atoms with E-state index in [1.54, 1.807) is 35.0 Å². The average Bonchev–Trinajstić information content (AvgIpc) is 3.44. The van der Waals surface area contributed by atoms with Crippen molar-refractivity contribution in [1.29, 1.82) is 0 Å². The predicted molar refractivity (Wildman–Crippen MR) is 146 cm³/mol. The van der Waals surface area contributed by atoms with Crippen molar-refractivity contribution in [3.8, 4) is 33.9 Å². The van der Waals surface area contributed by atoms with Gasteiger partial charge in [-0.1, -0.05) is 24.3 Å². The summed E-state index contributed by atoms with van der Waals surface area (Å²) < 4.78 is 50.0. The highest BCUT2D eigenvalue weighted by atomic mass is 19.4. The summed E-state index contributed by atoms with van der Waals surface area (Å²) >= 11 is 0. The molecule has 12 heteroatoms. The molecule has 2 aromatic heterocycles. The number of ether oxygens (including phenoxy) is 2. The summed E-state index contributed by atoms with van der Waals surface area (Å²) in [5.41, 5.74) is 2.62. The Balaban J connectivity index is 1.42. The van der Waals surface area contributed by atoms with Crippen LogP contribution in [0.15, 0.2) is 64.2 Å². The van der Waals surface area contributed by atoms with Gasteiger partial charge in [-0.15, -0.1) is 13.2 Å². The smallest absolute Gasteiger partial charge is 0.487 e. The molecule has 0 amide bonds. The number of nitrogens with one attached hydrogen (secondary N) is 2. The number of nitrogens with zero attached hydrogens (tertiary/aromatic N) is 3. The molecule has 4 heterocycles. The van der Waals surface area contributed by atoms with E-state index in [-0.39, 0.29) is 29.1 Å². The standard InChI is InChI=1S/C29H24F3N5O4/c1-15-11-19-14-36(15)9-10-37-28(39)21-4-2-3-20(24(21)35-37)25-27(38)33-22-12-17(13-23(40-19)26(22)34-25)16-5-7-18(8-6-16)41-29(30,31)32/h2-8,12-13,15,19,35H,9-11,14H2,1H3,(H,33,38)/t15-,19?/m1/s1. The monoisotopic (exact) mass is 563 g/mol. The summed E-state index contributed by atoms with van der Waals surface area (Å²) in [5, 5.41) is 3.66. The number of H-pyrrole nitrogens is 2. The van der Waals surface area contributed by atoms with Crippen molar-refractivity contribution in [2.24, 2.45) is 0 Å². The molecule has 3 aromatic carbocycles. The summed E-state index contributed by atoms with van der Waals surface area (Å²) in [4.78, 5) is 36.5. The average molecular weight is 564 g/mol. The Kier molecular flexibility index (Phi) is 5.72. The lowest BCUT2D eigenvalue weighted by molar-refractivity contribution is -0.274. The van der Waals surface area contributed by atoms with E-state index in [2.05, 4.69) is 26.6 Å². The van der Waals surface area contributed by atoms with Gasteiger partial charge in [0.2, 0.25) is 0 Å². The number of fused-ring (bicyclic) bond motifs is 5. The molecule has 1 fully saturated rings. The van der Waals surface area contributed by atoms with Gasteiger partial charge >= 0.3 is 6.36 Å². The molecule has 0 spiro atoms. The molecule has 0 aliphatic carbocycles. The summed E-state index contributed by atoms with van der Waals surface area (Å²) in [5.74, 6) is 0.112. The predicted octanol–water partition coefficient (Wildman–Crippen LogP) is 4.65. The van der Waals surface area contributed by atoms with Crippen molar-refractivity contribution in [2.75, 3.05) is 13.1 Å². The third-order valence-electron chi connectivity index (χ3n) is 7.79. The summed E-state index contributed by atoms with van der Waals surface area (Å²) in [7, 11) is 0. The Labute approximate surface area is 230 Å². The van der Waals surface area contributed by atoms with E-state index in [4.69, 9.17) is 9.72 Å². The molecule has 0 saturated carbocycles. The maximum Gasteiger partial charge on any atom is 0.573 e. The number of halogens is 3. The highest BCUT2D eigenvalue weighted by molar-refractivity contribution is 5.94. The zero-order chi connectivity index (χ0) is 28.5. The lowest BCUT2D eigenvalue weighted by Gasteiger charge is -2.21. The zero-order valence-electron chi connectivity index (χ0n) is 21.8. The van der Waals surface area contributed by atoms with Crippen LogP contribution in [0.5, 0.6) is 11.5 Å². The third kappa shape index (κ3) is 4.53. The molecule has 41 heavy (non-hydrogen) atoms. The Morgan fingerprint density at radius 3 is 2.63 bits per heavy atom. The van der Waals surface area contributed by atoms with Crippen LogP contribution in [0.1, 0.15) is 13.3 Å². The number of aromatic amines is 2. The number of rotatable bonds is 2. The first kappa shape index (κ1) is 25.4. The van der Waals surface area contributed by atoms with E-state index in [9.17, 15) is 22.8 Å². The summed E-state index contributed by atoms with van der Waals surface area (Å²) in [6.07, 6.45) is -4.22. The lowest BCUT2D eigenvalue weighted by atomic mass is 10.0. The number of benzene rings is 3. The van der Waals surface area contributed by atoms with Crippen LogP contribution in [0.25, 0.3) is 44.3 Å². The first-order valence-electron chi connectivity index (χ1n) is 13.2. The van der Waals surface area contributed by atoms with Crippen LogP contribution >= 0.6 is 0 Å². The van der Waals surface area contributed by atoms with Gasteiger partial charge in [-0.05, 0) is 48.4 Å². The molecule has 6 bridgehead atoms. The lowest BCUT2D eigenvalue weighted by Crippen LogP contribution is -2.33. The Morgan fingerprint density at radius 2 is 1.85 bits per heavy atom. The molecule has 2 unspecified atom stereocenters. The first-order chi connectivity index (χ1) is 19.6. The molecule has 3 atom stereocenters. The highest BCUT2D eigenvalue weighted by Crippen LogP contribution is 2.35. The summed E-state index contributed by atoms with van der Waals surface area (Å²) in [6, 6.07) is 14.4. The van der Waals surface area contributed by atoms with Gasteiger partial charge < -0.3 is 14.5 Å². The molecule has 210 valence electrons. The second kappa shape index (κ2) is 9.23. The molecule has 0 radical (unpaired) electrons. The quantitative estimate of drug-likeness (QED) is 0.324. The van der Waals surface area contributed by atoms with Crippen LogP contribution in [0, 0.1) is 0 Å². The number of alkyl halides is 3. The van der Waals surface area contributed by atoms with Crippen molar-refractivity contribution in [3.05, 3.63) is 75.3 Å². The molecule has 9 nitrogen and oxygen atoms in total. The number of hydrogen-bond acceptors (Lipinski definition) is 6. The van der Waals surface area contributed by atoms with E-state index in [1.165, 1.54) is 24.3 Å². The van der Waals surface area contributed by atoms with Crippen molar-refractivity contribution in [3.63, 3.8) is 0 Å². The zero-order valence-corrected chi connectivity index (χ0v) is 21.8. The van der Waals surface area contributed by atoms with Crippen LogP contribution in [-0.4, -0.2) is 56.2 Å². The van der Waals surface area contributed by atoms with Crippen molar-refractivity contribution >= 4 is 21.9 Å². The number of hydrogen-bond donors (Lipinski definition) is 2. The SMILES string of the molecule is C[C@@H]1CC2CN1CCn1[nH]c3c(cccc3c1=O)-c1nc3c(cc(-c4ccc(OC(F)(F)F)cc4)cc3[nH]c1=O)O2. The maximum absolute atomic E-state index is 13.4. The molecule has 2 N–H and O–H groups in total. The molecule has 2 aliphatic heterocycles. The first-order valence-corrected chi connectivity index (χ1v) is 13.2. The van der Waals surface area contributed by atoms with Gasteiger partial charge in [-0.3, -0.25) is 24.3 Å². The van der Waals surface area contributed by atoms with Crippen LogP contribution in [0.3, 0.4) is 0 Å². The second-order valence-electron chi connectivity index (χ2n) is 10.5. The van der Waals surface area contributed by atoms with Crippen molar-refractivity contribution in [1.82, 2.24) is 24.6 Å². The molecular weight excluding hydrogens is 539 g/mol. The van der Waals surface area contributed by atoms with Gasteiger partial charge in [0.05, 0.1) is 23.0 Å². The normalized spacial score (nSPS) is 20.4. The number of aromatic nitrogens is 4. The van der Waals surface area contributed by atoms with E-state index >= 15 is 0 Å². The van der Waals surface area contributed by atoms with Crippen LogP contribution in [0.2, 0.25) is 0 Å². The summed E-state index contributed by atoms with van der Waals surface area (Å²) in [6.45, 7) is 3.82. The van der Waals surface area contributed by atoms with Crippen LogP contribution in [-0.2, 0) is 6.54 Å². The molecule has 2 aliphatic rings. The van der Waals surface area contributed by atoms with Gasteiger partial charge in [0, 0.05) is 31.1 Å². The van der Waals surface area contributed by atoms with Gasteiger partial charge in [0.15, 0.2) is 0 Å². The maximum atomic E-state index is 13.4. The molecular formula is C29H24F3N5O4. The van der Waals surface area contributed by atoms with E-state index in [0.29, 0.717) is 64.0 Å². The van der Waals surface area contributed by atoms with Gasteiger partial charge in [0.1, 0.15) is 28.8 Å². The Morgan fingerprint density at radius 1 is 1.05 bits per heavy atom. The van der Waals surface area contributed by atoms with Crippen LogP contribution in [0.4, 0.5) is 13.2 Å². The molecule has 7 rings (SSSR count). The minimum Gasteiger partial charge on any atom is -0.487 e. The Hall–Kier alpha value is -4.58. The fourth-order valence-electron chi connectivity index (χ4n) is 5.84. The third-order valence-corrected chi connectivity index (χ3v) is 7.79.